The van der Waals surface area contributed by atoms with Crippen LogP contribution in [0.5, 0.6) is 0 Å². The van der Waals surface area contributed by atoms with Crippen LogP contribution in [0, 0.1) is 0 Å². The zero-order valence-electron chi connectivity index (χ0n) is 11.3. The van der Waals surface area contributed by atoms with Crippen LogP contribution in [0.15, 0.2) is 4.42 Å². The molecule has 0 unspecified atom stereocenters. The number of hydrogen-bond donors (Lipinski definition) is 1. The first-order valence-corrected chi connectivity index (χ1v) is 6.98. The third-order valence-corrected chi connectivity index (χ3v) is 3.42. The van der Waals surface area contributed by atoms with E-state index < -0.39 is 0 Å². The Bertz CT molecular complexity index is 346. The topological polar surface area (TPSA) is 60.2 Å². The van der Waals surface area contributed by atoms with Gasteiger partial charge in [-0.05, 0) is 32.2 Å². The predicted octanol–water partition coefficient (Wildman–Crippen LogP) is 2.07. The Morgan fingerprint density at radius 2 is 1.89 bits per heavy atom. The van der Waals surface area contributed by atoms with E-state index in [2.05, 4.69) is 22.4 Å². The van der Waals surface area contributed by atoms with E-state index in [1.807, 2.05) is 6.92 Å². The molecule has 0 amide bonds. The molecule has 0 aromatic carbocycles. The molecular formula is C13H23N3O2. The molecule has 2 rings (SSSR count). The fourth-order valence-corrected chi connectivity index (χ4v) is 2.40. The number of hydrogen-bond acceptors (Lipinski definition) is 5. The molecule has 1 N–H and O–H groups in total. The van der Waals surface area contributed by atoms with Gasteiger partial charge in [0.25, 0.3) is 0 Å². The molecule has 0 bridgehead atoms. The van der Waals surface area contributed by atoms with Gasteiger partial charge in [0, 0.05) is 12.5 Å². The number of rotatable bonds is 6. The Hall–Kier alpha value is -0.940. The second kappa shape index (κ2) is 6.85. The van der Waals surface area contributed by atoms with Gasteiger partial charge in [-0.3, -0.25) is 0 Å². The van der Waals surface area contributed by atoms with Crippen molar-refractivity contribution in [3.05, 3.63) is 11.8 Å². The van der Waals surface area contributed by atoms with Gasteiger partial charge in [0.15, 0.2) is 0 Å². The first kappa shape index (κ1) is 13.5. The largest absolute Gasteiger partial charge is 0.423 e. The van der Waals surface area contributed by atoms with Gasteiger partial charge in [-0.25, -0.2) is 0 Å². The Balaban J connectivity index is 1.68. The van der Waals surface area contributed by atoms with E-state index in [0.717, 1.165) is 25.8 Å². The Morgan fingerprint density at radius 3 is 2.50 bits per heavy atom. The number of aryl methyl sites for hydroxylation is 1. The maximum atomic E-state index is 5.83. The van der Waals surface area contributed by atoms with Crippen molar-refractivity contribution in [3.63, 3.8) is 0 Å². The normalized spacial score (nSPS) is 24.3. The smallest absolute Gasteiger partial charge is 0.242 e. The maximum Gasteiger partial charge on any atom is 0.242 e. The van der Waals surface area contributed by atoms with Crippen molar-refractivity contribution in [2.45, 2.75) is 64.7 Å². The standard InChI is InChI=1S/C13H23N3O2/c1-3-12-15-16-13(18-12)9-17-11-7-5-10(6-8-11)14-4-2/h10-11,14H,3-9H2,1-2H3. The van der Waals surface area contributed by atoms with E-state index >= 15 is 0 Å². The summed E-state index contributed by atoms with van der Waals surface area (Å²) in [6.07, 6.45) is 5.75. The highest BCUT2D eigenvalue weighted by Gasteiger charge is 2.21. The molecule has 1 fully saturated rings. The van der Waals surface area contributed by atoms with E-state index in [1.54, 1.807) is 0 Å². The quantitative estimate of drug-likeness (QED) is 0.841. The van der Waals surface area contributed by atoms with Crippen LogP contribution in [0.2, 0.25) is 0 Å². The SMILES string of the molecule is CCNC1CCC(OCc2nnc(CC)o2)CC1. The molecule has 102 valence electrons. The number of ether oxygens (including phenoxy) is 1. The molecule has 1 heterocycles. The van der Waals surface area contributed by atoms with E-state index in [0.29, 0.717) is 30.5 Å². The third-order valence-electron chi connectivity index (χ3n) is 3.42. The molecule has 1 aliphatic rings. The summed E-state index contributed by atoms with van der Waals surface area (Å²) in [5, 5.41) is 11.4. The van der Waals surface area contributed by atoms with Crippen molar-refractivity contribution >= 4 is 0 Å². The van der Waals surface area contributed by atoms with Gasteiger partial charge < -0.3 is 14.5 Å². The van der Waals surface area contributed by atoms with Gasteiger partial charge in [-0.1, -0.05) is 13.8 Å². The van der Waals surface area contributed by atoms with Crippen molar-refractivity contribution < 1.29 is 9.15 Å². The average Bonchev–Trinajstić information content (AvgIpc) is 2.86. The summed E-state index contributed by atoms with van der Waals surface area (Å²) in [5.41, 5.74) is 0. The fourth-order valence-electron chi connectivity index (χ4n) is 2.40. The molecule has 0 atom stereocenters. The van der Waals surface area contributed by atoms with Gasteiger partial charge >= 0.3 is 0 Å². The zero-order chi connectivity index (χ0) is 12.8. The molecule has 0 aliphatic heterocycles. The molecule has 0 spiro atoms. The predicted molar refractivity (Wildman–Crippen MR) is 68.2 cm³/mol. The second-order valence-corrected chi connectivity index (χ2v) is 4.79. The molecular weight excluding hydrogens is 230 g/mol. The summed E-state index contributed by atoms with van der Waals surface area (Å²) in [6.45, 7) is 5.66. The highest BCUT2D eigenvalue weighted by atomic mass is 16.5. The highest BCUT2D eigenvalue weighted by Crippen LogP contribution is 2.22. The Labute approximate surface area is 108 Å². The number of nitrogens with zero attached hydrogens (tertiary/aromatic N) is 2. The van der Waals surface area contributed by atoms with Crippen LogP contribution in [0.3, 0.4) is 0 Å². The van der Waals surface area contributed by atoms with Crippen molar-refractivity contribution in [1.29, 1.82) is 0 Å². The fraction of sp³-hybridized carbons (Fsp3) is 0.846. The monoisotopic (exact) mass is 253 g/mol. The van der Waals surface area contributed by atoms with Crippen molar-refractivity contribution in [2.75, 3.05) is 6.54 Å². The van der Waals surface area contributed by atoms with Crippen molar-refractivity contribution in [2.24, 2.45) is 0 Å². The van der Waals surface area contributed by atoms with Crippen LogP contribution in [0.1, 0.15) is 51.3 Å². The van der Waals surface area contributed by atoms with Crippen LogP contribution in [0.4, 0.5) is 0 Å². The molecule has 5 nitrogen and oxygen atoms in total. The van der Waals surface area contributed by atoms with Gasteiger partial charge in [0.2, 0.25) is 11.8 Å². The molecule has 0 saturated heterocycles. The van der Waals surface area contributed by atoms with Gasteiger partial charge in [0.05, 0.1) is 6.10 Å². The third kappa shape index (κ3) is 3.78. The Morgan fingerprint density at radius 1 is 1.17 bits per heavy atom. The van der Waals surface area contributed by atoms with Crippen molar-refractivity contribution in [3.8, 4) is 0 Å². The molecule has 18 heavy (non-hydrogen) atoms. The first-order valence-electron chi connectivity index (χ1n) is 6.98. The van der Waals surface area contributed by atoms with Crippen LogP contribution >= 0.6 is 0 Å². The number of nitrogens with one attached hydrogen (secondary N) is 1. The van der Waals surface area contributed by atoms with E-state index in [9.17, 15) is 0 Å². The molecule has 5 heteroatoms. The van der Waals surface area contributed by atoms with E-state index in [-0.39, 0.29) is 0 Å². The first-order chi connectivity index (χ1) is 8.81. The Kier molecular flexibility index (Phi) is 5.13. The molecule has 1 aromatic heterocycles. The summed E-state index contributed by atoms with van der Waals surface area (Å²) in [5.74, 6) is 1.28. The lowest BCUT2D eigenvalue weighted by Crippen LogP contribution is -2.35. The summed E-state index contributed by atoms with van der Waals surface area (Å²) in [6, 6.07) is 0.671. The van der Waals surface area contributed by atoms with Crippen LogP contribution in [0.25, 0.3) is 0 Å². The summed E-state index contributed by atoms with van der Waals surface area (Å²) < 4.78 is 11.3. The average molecular weight is 253 g/mol. The van der Waals surface area contributed by atoms with Gasteiger partial charge in [-0.15, -0.1) is 10.2 Å². The van der Waals surface area contributed by atoms with E-state index in [1.165, 1.54) is 12.8 Å². The summed E-state index contributed by atoms with van der Waals surface area (Å²) >= 11 is 0. The second-order valence-electron chi connectivity index (χ2n) is 4.79. The minimum atomic E-state index is 0.344. The molecule has 1 aliphatic carbocycles. The minimum Gasteiger partial charge on any atom is -0.423 e. The zero-order valence-corrected chi connectivity index (χ0v) is 11.3. The highest BCUT2D eigenvalue weighted by molar-refractivity contribution is 4.81. The lowest BCUT2D eigenvalue weighted by molar-refractivity contribution is 0.00143. The molecule has 0 radical (unpaired) electrons. The van der Waals surface area contributed by atoms with Gasteiger partial charge in [-0.2, -0.15) is 0 Å². The summed E-state index contributed by atoms with van der Waals surface area (Å²) in [4.78, 5) is 0. The maximum absolute atomic E-state index is 5.83. The van der Waals surface area contributed by atoms with Crippen LogP contribution < -0.4 is 5.32 Å². The molecule has 1 saturated carbocycles. The molecule has 1 aromatic rings. The number of aromatic nitrogens is 2. The summed E-state index contributed by atoms with van der Waals surface area (Å²) in [7, 11) is 0. The van der Waals surface area contributed by atoms with Crippen LogP contribution in [-0.2, 0) is 17.8 Å². The van der Waals surface area contributed by atoms with E-state index in [4.69, 9.17) is 9.15 Å². The van der Waals surface area contributed by atoms with Gasteiger partial charge in [0.1, 0.15) is 6.61 Å². The lowest BCUT2D eigenvalue weighted by Gasteiger charge is -2.28. The minimum absolute atomic E-state index is 0.344. The van der Waals surface area contributed by atoms with Crippen LogP contribution in [-0.4, -0.2) is 28.9 Å². The lowest BCUT2D eigenvalue weighted by atomic mass is 9.93. The van der Waals surface area contributed by atoms with Crippen molar-refractivity contribution in [1.82, 2.24) is 15.5 Å².